The van der Waals surface area contributed by atoms with Gasteiger partial charge in [-0.3, -0.25) is 0 Å². The molecule has 0 bridgehead atoms. The Hall–Kier alpha value is -0.737. The van der Waals surface area contributed by atoms with E-state index in [2.05, 4.69) is 57.2 Å². The average Bonchev–Trinajstić information content (AvgIpc) is 2.71. The molecule has 1 rings (SSSR count). The summed E-state index contributed by atoms with van der Waals surface area (Å²) in [6.07, 6.45) is 13.0. The summed E-state index contributed by atoms with van der Waals surface area (Å²) in [6, 6.07) is 11.2. The van der Waals surface area contributed by atoms with Crippen LogP contribution in [0.3, 0.4) is 0 Å². The Labute approximate surface area is 170 Å². The van der Waals surface area contributed by atoms with Crippen molar-refractivity contribution in [2.75, 3.05) is 13.2 Å². The Morgan fingerprint density at radius 2 is 1.44 bits per heavy atom. The molecular formula is C24H42GeO2. The second-order valence-electron chi connectivity index (χ2n) is 7.84. The molecular weight excluding hydrogens is 393 g/mol. The van der Waals surface area contributed by atoms with Crippen LogP contribution in [0.25, 0.3) is 0 Å². The summed E-state index contributed by atoms with van der Waals surface area (Å²) in [5.74, 6) is 0. The Bertz CT molecular complexity index is 465. The Morgan fingerprint density at radius 3 is 1.93 bits per heavy atom. The van der Waals surface area contributed by atoms with Gasteiger partial charge in [0.15, 0.2) is 0 Å². The second kappa shape index (κ2) is 15.2. The zero-order chi connectivity index (χ0) is 19.8. The first-order chi connectivity index (χ1) is 13.2. The van der Waals surface area contributed by atoms with Gasteiger partial charge in [-0.2, -0.15) is 0 Å². The Morgan fingerprint density at radius 1 is 0.889 bits per heavy atom. The number of ether oxygens (including phenoxy) is 1. The van der Waals surface area contributed by atoms with Gasteiger partial charge in [-0.05, 0) is 0 Å². The molecule has 3 heteroatoms. The summed E-state index contributed by atoms with van der Waals surface area (Å²) < 4.78 is 6.30. The SMILES string of the molecule is CCC[CH2][Ge]([CH2]CCC)([CH2]CCC)[CH](/C=C\OCCCO)c1ccccc1. The van der Waals surface area contributed by atoms with Crippen molar-refractivity contribution < 1.29 is 9.84 Å². The van der Waals surface area contributed by atoms with Crippen LogP contribution in [0, 0.1) is 0 Å². The monoisotopic (exact) mass is 436 g/mol. The molecule has 0 fully saturated rings. The molecule has 0 aliphatic carbocycles. The molecule has 0 spiro atoms. The maximum absolute atomic E-state index is 8.98. The van der Waals surface area contributed by atoms with Gasteiger partial charge in [0.05, 0.1) is 0 Å². The third-order valence-corrected chi connectivity index (χ3v) is 18.1. The van der Waals surface area contributed by atoms with Crippen LogP contribution >= 0.6 is 0 Å². The summed E-state index contributed by atoms with van der Waals surface area (Å²) in [4.78, 5) is 0. The van der Waals surface area contributed by atoms with Crippen molar-refractivity contribution >= 4 is 13.3 Å². The Kier molecular flexibility index (Phi) is 13.7. The predicted molar refractivity (Wildman–Crippen MR) is 121 cm³/mol. The van der Waals surface area contributed by atoms with Crippen molar-refractivity contribution in [3.63, 3.8) is 0 Å². The third kappa shape index (κ3) is 8.87. The number of unbranched alkanes of at least 4 members (excludes halogenated alkanes) is 3. The Balaban J connectivity index is 3.18. The summed E-state index contributed by atoms with van der Waals surface area (Å²) in [7, 11) is 0. The molecule has 0 aromatic heterocycles. The van der Waals surface area contributed by atoms with Gasteiger partial charge >= 0.3 is 171 Å². The minimum absolute atomic E-state index is 0.196. The van der Waals surface area contributed by atoms with Crippen LogP contribution in [0.1, 0.15) is 76.0 Å². The van der Waals surface area contributed by atoms with E-state index in [4.69, 9.17) is 9.84 Å². The zero-order valence-electron chi connectivity index (χ0n) is 18.0. The molecule has 154 valence electrons. The van der Waals surface area contributed by atoms with Gasteiger partial charge in [0, 0.05) is 0 Å². The van der Waals surface area contributed by atoms with Crippen LogP contribution in [-0.2, 0) is 4.74 Å². The van der Waals surface area contributed by atoms with Crippen LogP contribution < -0.4 is 0 Å². The fourth-order valence-electron chi connectivity index (χ4n) is 4.11. The molecule has 0 saturated carbocycles. The van der Waals surface area contributed by atoms with E-state index in [0.29, 0.717) is 17.8 Å². The van der Waals surface area contributed by atoms with Gasteiger partial charge in [0.25, 0.3) is 0 Å². The van der Waals surface area contributed by atoms with E-state index >= 15 is 0 Å². The molecule has 0 saturated heterocycles. The van der Waals surface area contributed by atoms with Crippen LogP contribution in [0.15, 0.2) is 42.7 Å². The molecule has 2 nitrogen and oxygen atoms in total. The molecule has 1 aromatic carbocycles. The van der Waals surface area contributed by atoms with Crippen molar-refractivity contribution in [2.45, 2.75) is 86.2 Å². The van der Waals surface area contributed by atoms with Crippen molar-refractivity contribution in [3.05, 3.63) is 48.2 Å². The molecule has 1 aromatic rings. The first-order valence-corrected chi connectivity index (χ1v) is 16.8. The first-order valence-electron chi connectivity index (χ1n) is 11.2. The normalized spacial score (nSPS) is 13.2. The summed E-state index contributed by atoms with van der Waals surface area (Å²) in [6.45, 7) is 7.79. The van der Waals surface area contributed by atoms with Gasteiger partial charge in [-0.25, -0.2) is 0 Å². The van der Waals surface area contributed by atoms with Crippen LogP contribution in [0.4, 0.5) is 0 Å². The number of hydrogen-bond donors (Lipinski definition) is 1. The fraction of sp³-hybridized carbons (Fsp3) is 0.667. The number of hydrogen-bond acceptors (Lipinski definition) is 2. The van der Waals surface area contributed by atoms with Gasteiger partial charge in [-0.15, -0.1) is 0 Å². The minimum atomic E-state index is -2.15. The third-order valence-electron chi connectivity index (χ3n) is 5.69. The molecule has 1 unspecified atom stereocenters. The summed E-state index contributed by atoms with van der Waals surface area (Å²) >= 11 is -2.15. The van der Waals surface area contributed by atoms with Gasteiger partial charge < -0.3 is 0 Å². The van der Waals surface area contributed by atoms with E-state index in [1.165, 1.54) is 59.8 Å². The van der Waals surface area contributed by atoms with E-state index in [9.17, 15) is 0 Å². The molecule has 0 amide bonds. The summed E-state index contributed by atoms with van der Waals surface area (Å²) in [5.41, 5.74) is 1.49. The van der Waals surface area contributed by atoms with E-state index in [0.717, 1.165) is 0 Å². The first kappa shape index (κ1) is 24.3. The van der Waals surface area contributed by atoms with Crippen LogP contribution in [0.2, 0.25) is 15.8 Å². The van der Waals surface area contributed by atoms with E-state index in [1.54, 1.807) is 0 Å². The van der Waals surface area contributed by atoms with E-state index < -0.39 is 13.3 Å². The van der Waals surface area contributed by atoms with Crippen molar-refractivity contribution in [2.24, 2.45) is 0 Å². The number of benzene rings is 1. The summed E-state index contributed by atoms with van der Waals surface area (Å²) in [5, 5.41) is 13.4. The number of allylic oxidation sites excluding steroid dienone is 1. The molecule has 0 radical (unpaired) electrons. The van der Waals surface area contributed by atoms with E-state index in [1.807, 2.05) is 6.26 Å². The van der Waals surface area contributed by atoms with Gasteiger partial charge in [0.1, 0.15) is 0 Å². The van der Waals surface area contributed by atoms with E-state index in [-0.39, 0.29) is 6.61 Å². The molecule has 0 aliphatic heterocycles. The molecule has 1 atom stereocenters. The molecule has 27 heavy (non-hydrogen) atoms. The van der Waals surface area contributed by atoms with Crippen molar-refractivity contribution in [1.82, 2.24) is 0 Å². The number of rotatable bonds is 16. The standard InChI is InChI=1S/C24H42GeO2/c1-4-7-17-25(18-8-5-2,19-9-6-3)24(16-22-27-21-13-20-26)23-14-11-10-12-15-23/h10-12,14-16,22,24,26H,4-9,13,17-21H2,1-3H3/b22-16-. The maximum atomic E-state index is 8.98. The number of aliphatic hydroxyl groups excluding tert-OH is 1. The van der Waals surface area contributed by atoms with Gasteiger partial charge in [-0.1, -0.05) is 0 Å². The van der Waals surface area contributed by atoms with Crippen LogP contribution in [0.5, 0.6) is 0 Å². The fourth-order valence-corrected chi connectivity index (χ4v) is 17.2. The van der Waals surface area contributed by atoms with Crippen molar-refractivity contribution in [3.8, 4) is 0 Å². The van der Waals surface area contributed by atoms with Gasteiger partial charge in [0.2, 0.25) is 0 Å². The van der Waals surface area contributed by atoms with Crippen molar-refractivity contribution in [1.29, 1.82) is 0 Å². The molecule has 1 N–H and O–H groups in total. The van der Waals surface area contributed by atoms with Crippen LogP contribution in [-0.4, -0.2) is 31.6 Å². The quantitative estimate of drug-likeness (QED) is 0.171. The zero-order valence-corrected chi connectivity index (χ0v) is 20.1. The molecule has 0 aliphatic rings. The topological polar surface area (TPSA) is 29.5 Å². The molecule has 0 heterocycles. The predicted octanol–water partition coefficient (Wildman–Crippen LogP) is 7.07. The second-order valence-corrected chi connectivity index (χ2v) is 18.0. The number of aliphatic hydroxyl groups is 1. The average molecular weight is 435 g/mol.